The van der Waals surface area contributed by atoms with Crippen molar-refractivity contribution in [1.29, 1.82) is 0 Å². The van der Waals surface area contributed by atoms with E-state index in [0.29, 0.717) is 0 Å². The number of nitrogens with one attached hydrogen (secondary N) is 1. The second-order valence-electron chi connectivity index (χ2n) is 3.32. The van der Waals surface area contributed by atoms with Gasteiger partial charge in [-0.05, 0) is 12.1 Å². The number of benzene rings is 1. The molecule has 0 atom stereocenters. The number of halogens is 1. The molecular formula is C11H11BFNO3. The maximum atomic E-state index is 13.6. The lowest BCUT2D eigenvalue weighted by Gasteiger charge is -2.11. The number of ether oxygens (including phenoxy) is 1. The van der Waals surface area contributed by atoms with Crippen molar-refractivity contribution >= 4 is 30.9 Å². The summed E-state index contributed by atoms with van der Waals surface area (Å²) in [7, 11) is 6.57. The summed E-state index contributed by atoms with van der Waals surface area (Å²) in [5.41, 5.74) is -0.203. The number of hydrogen-bond donors (Lipinski definition) is 1. The maximum Gasteiger partial charge on any atom is 0.342 e. The fraction of sp³-hybridized carbons (Fsp3) is 0.273. The Kier molecular flexibility index (Phi) is 4.26. The molecule has 1 aromatic carbocycles. The van der Waals surface area contributed by atoms with Crippen LogP contribution in [0.15, 0.2) is 12.1 Å². The van der Waals surface area contributed by atoms with Gasteiger partial charge in [0.15, 0.2) is 0 Å². The highest BCUT2D eigenvalue weighted by atomic mass is 19.1. The first-order valence-corrected chi connectivity index (χ1v) is 4.96. The minimum absolute atomic E-state index is 0.0150. The summed E-state index contributed by atoms with van der Waals surface area (Å²) >= 11 is 0. The Morgan fingerprint density at radius 2 is 2.12 bits per heavy atom. The predicted octanol–water partition coefficient (Wildman–Crippen LogP) is 0.755. The molecule has 0 heterocycles. The summed E-state index contributed by atoms with van der Waals surface area (Å²) in [6.07, 6.45) is 0.205. The molecule has 1 N–H and O–H groups in total. The van der Waals surface area contributed by atoms with Crippen molar-refractivity contribution in [3.8, 4) is 0 Å². The fourth-order valence-electron chi connectivity index (χ4n) is 1.27. The molecule has 4 nitrogen and oxygen atoms in total. The van der Waals surface area contributed by atoms with Crippen LogP contribution in [-0.4, -0.2) is 26.8 Å². The lowest BCUT2D eigenvalue weighted by Crippen LogP contribution is -2.18. The molecule has 0 aliphatic heterocycles. The highest BCUT2D eigenvalue weighted by Gasteiger charge is 2.19. The van der Waals surface area contributed by atoms with Crippen LogP contribution in [0.25, 0.3) is 0 Å². The van der Waals surface area contributed by atoms with Gasteiger partial charge in [0.05, 0.1) is 12.8 Å². The van der Waals surface area contributed by atoms with Gasteiger partial charge in [-0.2, -0.15) is 0 Å². The van der Waals surface area contributed by atoms with Crippen molar-refractivity contribution in [2.75, 3.05) is 12.4 Å². The van der Waals surface area contributed by atoms with E-state index in [0.717, 1.165) is 13.2 Å². The molecule has 0 unspecified atom stereocenters. The van der Waals surface area contributed by atoms with Gasteiger partial charge in [0.2, 0.25) is 5.91 Å². The molecule has 1 amide bonds. The molecule has 0 bridgehead atoms. The molecule has 6 heteroatoms. The Labute approximate surface area is 99.6 Å². The smallest absolute Gasteiger partial charge is 0.342 e. The van der Waals surface area contributed by atoms with Gasteiger partial charge in [0.1, 0.15) is 19.2 Å². The van der Waals surface area contributed by atoms with Gasteiger partial charge in [-0.1, -0.05) is 12.4 Å². The molecule has 0 fully saturated rings. The number of esters is 1. The first kappa shape index (κ1) is 13.2. The Bertz CT molecular complexity index is 462. The number of rotatable bonds is 3. The summed E-state index contributed by atoms with van der Waals surface area (Å²) in [6.45, 7) is 1.63. The molecule has 17 heavy (non-hydrogen) atoms. The molecule has 0 saturated heterocycles. The van der Waals surface area contributed by atoms with E-state index < -0.39 is 11.8 Å². The van der Waals surface area contributed by atoms with Crippen molar-refractivity contribution in [3.05, 3.63) is 23.5 Å². The van der Waals surface area contributed by atoms with Crippen molar-refractivity contribution in [1.82, 2.24) is 0 Å². The zero-order valence-electron chi connectivity index (χ0n) is 9.54. The molecule has 0 spiro atoms. The number of hydrogen-bond acceptors (Lipinski definition) is 3. The van der Waals surface area contributed by atoms with Crippen LogP contribution in [0, 0.1) is 5.82 Å². The summed E-state index contributed by atoms with van der Waals surface area (Å²) in [5, 5.41) is 2.40. The Morgan fingerprint density at radius 3 is 2.65 bits per heavy atom. The van der Waals surface area contributed by atoms with E-state index in [-0.39, 0.29) is 29.0 Å². The lowest BCUT2D eigenvalue weighted by atomic mass is 9.93. The van der Waals surface area contributed by atoms with Crippen molar-refractivity contribution < 1.29 is 18.7 Å². The van der Waals surface area contributed by atoms with Crippen LogP contribution in [-0.2, 0) is 9.53 Å². The molecule has 0 aliphatic rings. The summed E-state index contributed by atoms with van der Waals surface area (Å²) in [6, 6.07) is 2.30. The Morgan fingerprint density at radius 1 is 1.47 bits per heavy atom. The van der Waals surface area contributed by atoms with Gasteiger partial charge in [-0.25, -0.2) is 9.18 Å². The topological polar surface area (TPSA) is 55.4 Å². The fourth-order valence-corrected chi connectivity index (χ4v) is 1.27. The molecule has 1 aromatic rings. The predicted molar refractivity (Wildman–Crippen MR) is 62.0 cm³/mol. The van der Waals surface area contributed by atoms with Gasteiger partial charge in [0.25, 0.3) is 0 Å². The lowest BCUT2D eigenvalue weighted by molar-refractivity contribution is -0.115. The quantitative estimate of drug-likeness (QED) is 0.621. The molecule has 2 radical (unpaired) electrons. The van der Waals surface area contributed by atoms with Crippen LogP contribution in [0.2, 0.25) is 0 Å². The third kappa shape index (κ3) is 3.06. The third-order valence-electron chi connectivity index (χ3n) is 2.10. The van der Waals surface area contributed by atoms with Crippen molar-refractivity contribution in [2.45, 2.75) is 13.3 Å². The minimum Gasteiger partial charge on any atom is -0.465 e. The van der Waals surface area contributed by atoms with E-state index in [1.807, 2.05) is 0 Å². The van der Waals surface area contributed by atoms with Crippen LogP contribution < -0.4 is 10.8 Å². The van der Waals surface area contributed by atoms with E-state index in [1.165, 1.54) is 6.07 Å². The van der Waals surface area contributed by atoms with Crippen LogP contribution in [0.5, 0.6) is 0 Å². The number of methoxy groups -OCH3 is 1. The average Bonchev–Trinajstić information content (AvgIpc) is 2.27. The summed E-state index contributed by atoms with van der Waals surface area (Å²) in [5.74, 6) is -2.04. The molecule has 0 aliphatic carbocycles. The van der Waals surface area contributed by atoms with Gasteiger partial charge in [-0.3, -0.25) is 4.79 Å². The van der Waals surface area contributed by atoms with Gasteiger partial charge < -0.3 is 10.1 Å². The van der Waals surface area contributed by atoms with Crippen molar-refractivity contribution in [2.24, 2.45) is 0 Å². The van der Waals surface area contributed by atoms with Crippen LogP contribution >= 0.6 is 0 Å². The molecule has 88 valence electrons. The monoisotopic (exact) mass is 235 g/mol. The minimum atomic E-state index is -0.867. The first-order chi connectivity index (χ1) is 7.99. The van der Waals surface area contributed by atoms with E-state index in [4.69, 9.17) is 7.85 Å². The van der Waals surface area contributed by atoms with Gasteiger partial charge >= 0.3 is 5.97 Å². The normalized spacial score (nSPS) is 9.82. The van der Waals surface area contributed by atoms with Gasteiger partial charge in [0, 0.05) is 6.42 Å². The Hall–Kier alpha value is -1.85. The summed E-state index contributed by atoms with van der Waals surface area (Å²) < 4.78 is 18.0. The van der Waals surface area contributed by atoms with E-state index in [2.05, 4.69) is 10.1 Å². The van der Waals surface area contributed by atoms with Crippen molar-refractivity contribution in [3.63, 3.8) is 0 Å². The molecule has 0 aromatic heterocycles. The zero-order chi connectivity index (χ0) is 13.0. The number of amides is 1. The molecule has 1 rings (SSSR count). The standard InChI is InChI=1S/C11H11BFNO3/c1-3-9(15)14-8-5-6(12)4-7(13)10(8)11(16)17-2/h4-5H,3H2,1-2H3,(H,14,15). The largest absolute Gasteiger partial charge is 0.465 e. The van der Waals surface area contributed by atoms with E-state index in [1.54, 1.807) is 6.92 Å². The SMILES string of the molecule is [B]c1cc(F)c(C(=O)OC)c(NC(=O)CC)c1. The highest BCUT2D eigenvalue weighted by Crippen LogP contribution is 2.19. The highest BCUT2D eigenvalue weighted by molar-refractivity contribution is 6.33. The maximum absolute atomic E-state index is 13.6. The van der Waals surface area contributed by atoms with Crippen LogP contribution in [0.4, 0.5) is 10.1 Å². The van der Waals surface area contributed by atoms with Gasteiger partial charge in [-0.15, -0.1) is 0 Å². The van der Waals surface area contributed by atoms with Crippen LogP contribution in [0.3, 0.4) is 0 Å². The zero-order valence-corrected chi connectivity index (χ0v) is 9.54. The third-order valence-corrected chi connectivity index (χ3v) is 2.10. The van der Waals surface area contributed by atoms with Crippen LogP contribution in [0.1, 0.15) is 23.7 Å². The van der Waals surface area contributed by atoms with E-state index >= 15 is 0 Å². The molecular weight excluding hydrogens is 224 g/mol. The summed E-state index contributed by atoms with van der Waals surface area (Å²) in [4.78, 5) is 22.6. The Balaban J connectivity index is 3.25. The number of carbonyl (C=O) groups is 2. The second-order valence-corrected chi connectivity index (χ2v) is 3.32. The van der Waals surface area contributed by atoms with E-state index in [9.17, 15) is 14.0 Å². The first-order valence-electron chi connectivity index (χ1n) is 4.96. The average molecular weight is 235 g/mol. The molecule has 0 saturated carbocycles. The second kappa shape index (κ2) is 5.47. The number of anilines is 1. The number of carbonyl (C=O) groups excluding carboxylic acids is 2.